The molecule has 2 atom stereocenters. The van der Waals surface area contributed by atoms with Gasteiger partial charge in [-0.3, -0.25) is 10.1 Å². The number of ether oxygens (including phenoxy) is 2. The molecular weight excluding hydrogens is 342 g/mol. The van der Waals surface area contributed by atoms with E-state index in [1.807, 2.05) is 0 Å². The summed E-state index contributed by atoms with van der Waals surface area (Å²) in [5.74, 6) is 0.135. The van der Waals surface area contributed by atoms with Crippen molar-refractivity contribution < 1.29 is 19.5 Å². The summed E-state index contributed by atoms with van der Waals surface area (Å²) in [5, 5.41) is 21.0. The lowest BCUT2D eigenvalue weighted by molar-refractivity contribution is -0.386. The average molecular weight is 360 g/mol. The van der Waals surface area contributed by atoms with E-state index >= 15 is 0 Å². The second-order valence-electron chi connectivity index (χ2n) is 5.05. The molecule has 1 fully saturated rings. The standard InChI is InChI=1S/C14H18BrNO5/c1-9(17)12-7-10(15)8-13(16(18)19)14(12)21-6-4-11-3-2-5-20-11/h7-9,11,17H,2-6H2,1H3/t9-,11?/m1/s1. The molecule has 2 rings (SSSR count). The van der Waals surface area contributed by atoms with Crippen LogP contribution in [0.25, 0.3) is 0 Å². The number of hydrogen-bond acceptors (Lipinski definition) is 5. The molecule has 1 heterocycles. The Bertz CT molecular complexity index is 514. The van der Waals surface area contributed by atoms with Crippen molar-refractivity contribution in [2.75, 3.05) is 13.2 Å². The molecule has 1 aromatic carbocycles. The fourth-order valence-corrected chi connectivity index (χ4v) is 2.83. The average Bonchev–Trinajstić information content (AvgIpc) is 2.92. The number of nitro benzene ring substituents is 1. The van der Waals surface area contributed by atoms with Gasteiger partial charge in [0.05, 0.1) is 23.7 Å². The van der Waals surface area contributed by atoms with Crippen molar-refractivity contribution >= 4 is 21.6 Å². The molecule has 1 unspecified atom stereocenters. The molecular formula is C14H18BrNO5. The summed E-state index contributed by atoms with van der Waals surface area (Å²) in [6.07, 6.45) is 2.04. The van der Waals surface area contributed by atoms with Crippen LogP contribution in [0.15, 0.2) is 16.6 Å². The van der Waals surface area contributed by atoms with Gasteiger partial charge in [-0.2, -0.15) is 0 Å². The van der Waals surface area contributed by atoms with Crippen molar-refractivity contribution in [3.63, 3.8) is 0 Å². The van der Waals surface area contributed by atoms with Crippen molar-refractivity contribution in [3.05, 3.63) is 32.3 Å². The Morgan fingerprint density at radius 1 is 1.62 bits per heavy atom. The molecule has 0 spiro atoms. The number of nitrogens with zero attached hydrogens (tertiary/aromatic N) is 1. The van der Waals surface area contributed by atoms with Crippen molar-refractivity contribution in [2.24, 2.45) is 0 Å². The maximum absolute atomic E-state index is 11.2. The van der Waals surface area contributed by atoms with Gasteiger partial charge >= 0.3 is 5.69 Å². The fraction of sp³-hybridized carbons (Fsp3) is 0.571. The zero-order valence-corrected chi connectivity index (χ0v) is 13.3. The number of halogens is 1. The number of nitro groups is 1. The second kappa shape index (κ2) is 7.20. The van der Waals surface area contributed by atoms with Crippen LogP contribution in [0, 0.1) is 10.1 Å². The van der Waals surface area contributed by atoms with Crippen LogP contribution in [0.3, 0.4) is 0 Å². The molecule has 0 aliphatic carbocycles. The van der Waals surface area contributed by atoms with Gasteiger partial charge in [0.15, 0.2) is 0 Å². The number of aliphatic hydroxyl groups excluding tert-OH is 1. The Labute approximate surface area is 131 Å². The Morgan fingerprint density at radius 3 is 2.95 bits per heavy atom. The Hall–Kier alpha value is -1.18. The minimum atomic E-state index is -0.848. The quantitative estimate of drug-likeness (QED) is 0.621. The van der Waals surface area contributed by atoms with Gasteiger partial charge in [0.25, 0.3) is 0 Å². The Balaban J connectivity index is 2.16. The number of aliphatic hydroxyl groups is 1. The zero-order valence-electron chi connectivity index (χ0n) is 11.8. The smallest absolute Gasteiger partial charge is 0.312 e. The molecule has 1 aliphatic heterocycles. The maximum atomic E-state index is 11.2. The van der Waals surface area contributed by atoms with E-state index in [0.29, 0.717) is 23.1 Å². The molecule has 1 aliphatic rings. The van der Waals surface area contributed by atoms with Crippen LogP contribution in [0.1, 0.15) is 37.9 Å². The first-order valence-electron chi connectivity index (χ1n) is 6.89. The largest absolute Gasteiger partial charge is 0.486 e. The predicted octanol–water partition coefficient (Wildman–Crippen LogP) is 3.36. The van der Waals surface area contributed by atoms with Crippen molar-refractivity contribution in [2.45, 2.75) is 38.4 Å². The minimum absolute atomic E-state index is 0.135. The highest BCUT2D eigenvalue weighted by molar-refractivity contribution is 9.10. The van der Waals surface area contributed by atoms with Crippen LogP contribution in [-0.4, -0.2) is 29.3 Å². The molecule has 1 aromatic rings. The number of benzene rings is 1. The lowest BCUT2D eigenvalue weighted by Crippen LogP contribution is -2.12. The van der Waals surface area contributed by atoms with Gasteiger partial charge in [-0.15, -0.1) is 0 Å². The lowest BCUT2D eigenvalue weighted by atomic mass is 10.1. The van der Waals surface area contributed by atoms with Crippen LogP contribution in [0.2, 0.25) is 0 Å². The van der Waals surface area contributed by atoms with Gasteiger partial charge in [-0.05, 0) is 25.8 Å². The maximum Gasteiger partial charge on any atom is 0.312 e. The van der Waals surface area contributed by atoms with Gasteiger partial charge in [0, 0.05) is 29.1 Å². The molecule has 0 aromatic heterocycles. The summed E-state index contributed by atoms with van der Waals surface area (Å²) in [4.78, 5) is 10.7. The lowest BCUT2D eigenvalue weighted by Gasteiger charge is -2.15. The van der Waals surface area contributed by atoms with Crippen LogP contribution in [-0.2, 0) is 4.74 Å². The molecule has 7 heteroatoms. The molecule has 0 saturated carbocycles. The van der Waals surface area contributed by atoms with E-state index in [-0.39, 0.29) is 17.5 Å². The first-order valence-corrected chi connectivity index (χ1v) is 7.68. The van der Waals surface area contributed by atoms with Crippen molar-refractivity contribution in [3.8, 4) is 5.75 Å². The highest BCUT2D eigenvalue weighted by atomic mass is 79.9. The van der Waals surface area contributed by atoms with Crippen LogP contribution >= 0.6 is 15.9 Å². The number of hydrogen-bond donors (Lipinski definition) is 1. The fourth-order valence-electron chi connectivity index (χ4n) is 2.37. The van der Waals surface area contributed by atoms with Crippen molar-refractivity contribution in [1.82, 2.24) is 0 Å². The highest BCUT2D eigenvalue weighted by Crippen LogP contribution is 2.38. The molecule has 1 N–H and O–H groups in total. The van der Waals surface area contributed by atoms with Gasteiger partial charge in [0.1, 0.15) is 0 Å². The van der Waals surface area contributed by atoms with Gasteiger partial charge in [-0.1, -0.05) is 15.9 Å². The number of rotatable bonds is 6. The molecule has 116 valence electrons. The van der Waals surface area contributed by atoms with E-state index in [9.17, 15) is 15.2 Å². The van der Waals surface area contributed by atoms with Crippen LogP contribution < -0.4 is 4.74 Å². The van der Waals surface area contributed by atoms with Crippen LogP contribution in [0.5, 0.6) is 5.75 Å². The van der Waals surface area contributed by atoms with E-state index in [1.54, 1.807) is 13.0 Å². The Kier molecular flexibility index (Phi) is 5.55. The monoisotopic (exact) mass is 359 g/mol. The topological polar surface area (TPSA) is 81.8 Å². The summed E-state index contributed by atoms with van der Waals surface area (Å²) in [6.45, 7) is 2.65. The van der Waals surface area contributed by atoms with E-state index in [1.165, 1.54) is 6.07 Å². The highest BCUT2D eigenvalue weighted by Gasteiger charge is 2.24. The van der Waals surface area contributed by atoms with Crippen molar-refractivity contribution in [1.29, 1.82) is 0 Å². The zero-order chi connectivity index (χ0) is 15.4. The molecule has 0 radical (unpaired) electrons. The summed E-state index contributed by atoms with van der Waals surface area (Å²) < 4.78 is 11.6. The van der Waals surface area contributed by atoms with Crippen LogP contribution in [0.4, 0.5) is 5.69 Å². The summed E-state index contributed by atoms with van der Waals surface area (Å²) in [5.41, 5.74) is 0.260. The predicted molar refractivity (Wildman–Crippen MR) is 80.5 cm³/mol. The SMILES string of the molecule is C[C@@H](O)c1cc(Br)cc([N+](=O)[O-])c1OCCC1CCCO1. The van der Waals surface area contributed by atoms with E-state index < -0.39 is 11.0 Å². The van der Waals surface area contributed by atoms with E-state index in [2.05, 4.69) is 15.9 Å². The van der Waals surface area contributed by atoms with Gasteiger partial charge in [-0.25, -0.2) is 0 Å². The van der Waals surface area contributed by atoms with E-state index in [4.69, 9.17) is 9.47 Å². The van der Waals surface area contributed by atoms with Gasteiger partial charge < -0.3 is 14.6 Å². The third-order valence-electron chi connectivity index (χ3n) is 3.42. The first kappa shape index (κ1) is 16.2. The summed E-state index contributed by atoms with van der Waals surface area (Å²) in [7, 11) is 0. The third-order valence-corrected chi connectivity index (χ3v) is 3.88. The second-order valence-corrected chi connectivity index (χ2v) is 5.96. The van der Waals surface area contributed by atoms with Gasteiger partial charge in [0.2, 0.25) is 5.75 Å². The molecule has 6 nitrogen and oxygen atoms in total. The normalized spacial score (nSPS) is 19.5. The summed E-state index contributed by atoms with van der Waals surface area (Å²) in [6, 6.07) is 3.02. The minimum Gasteiger partial charge on any atom is -0.486 e. The molecule has 1 saturated heterocycles. The van der Waals surface area contributed by atoms with E-state index in [0.717, 1.165) is 19.4 Å². The molecule has 21 heavy (non-hydrogen) atoms. The molecule has 0 amide bonds. The molecule has 0 bridgehead atoms. The first-order chi connectivity index (χ1) is 9.99. The summed E-state index contributed by atoms with van der Waals surface area (Å²) >= 11 is 3.21. The third kappa shape index (κ3) is 4.15. The Morgan fingerprint density at radius 2 is 2.38 bits per heavy atom.